The molecule has 0 aromatic heterocycles. The predicted octanol–water partition coefficient (Wildman–Crippen LogP) is 3.27. The summed E-state index contributed by atoms with van der Waals surface area (Å²) in [6.45, 7) is 2.00. The van der Waals surface area contributed by atoms with Crippen LogP contribution in [0, 0.1) is 12.7 Å². The van der Waals surface area contributed by atoms with Crippen LogP contribution in [0.2, 0.25) is 0 Å². The van der Waals surface area contributed by atoms with Crippen molar-refractivity contribution in [1.82, 2.24) is 0 Å². The van der Waals surface area contributed by atoms with E-state index in [2.05, 4.69) is 0 Å². The first-order valence-corrected chi connectivity index (χ1v) is 5.58. The molecular weight excluding hydrogens is 215 g/mol. The van der Waals surface area contributed by atoms with Gasteiger partial charge >= 0.3 is 0 Å². The van der Waals surface area contributed by atoms with Gasteiger partial charge in [-0.25, -0.2) is 4.39 Å². The van der Waals surface area contributed by atoms with Gasteiger partial charge in [0.1, 0.15) is 5.82 Å². The number of carbonyl (C=O) groups excluding carboxylic acids is 1. The van der Waals surface area contributed by atoms with Crippen LogP contribution in [-0.2, 0) is 6.42 Å². The van der Waals surface area contributed by atoms with Crippen LogP contribution in [0.25, 0.3) is 0 Å². The minimum atomic E-state index is -0.354. The van der Waals surface area contributed by atoms with E-state index < -0.39 is 0 Å². The molecule has 0 aliphatic heterocycles. The van der Waals surface area contributed by atoms with Crippen LogP contribution in [0.4, 0.5) is 4.39 Å². The van der Waals surface area contributed by atoms with Gasteiger partial charge in [-0.2, -0.15) is 0 Å². The SMILES string of the molecule is Cc1cccc2c1Cc1ccc(F)cc1C2=O. The molecular formula is C15H11FO. The third-order valence-electron chi connectivity index (χ3n) is 3.34. The third kappa shape index (κ3) is 1.48. The lowest BCUT2D eigenvalue weighted by Gasteiger charge is -2.20. The fourth-order valence-corrected chi connectivity index (χ4v) is 2.40. The molecule has 1 nitrogen and oxygen atoms in total. The minimum absolute atomic E-state index is 0.0653. The van der Waals surface area contributed by atoms with Gasteiger partial charge in [-0.1, -0.05) is 24.3 Å². The monoisotopic (exact) mass is 226 g/mol. The highest BCUT2D eigenvalue weighted by Gasteiger charge is 2.24. The molecule has 84 valence electrons. The first-order chi connectivity index (χ1) is 8.16. The Bertz CT molecular complexity index is 625. The summed E-state index contributed by atoms with van der Waals surface area (Å²) in [5.41, 5.74) is 4.31. The summed E-state index contributed by atoms with van der Waals surface area (Å²) in [6, 6.07) is 10.1. The lowest BCUT2D eigenvalue weighted by molar-refractivity contribution is 0.103. The molecule has 17 heavy (non-hydrogen) atoms. The molecule has 2 heteroatoms. The van der Waals surface area contributed by atoms with E-state index in [-0.39, 0.29) is 11.6 Å². The number of hydrogen-bond donors (Lipinski definition) is 0. The van der Waals surface area contributed by atoms with Gasteiger partial charge in [-0.05, 0) is 42.2 Å². The van der Waals surface area contributed by atoms with Crippen molar-refractivity contribution in [3.05, 3.63) is 70.0 Å². The summed E-state index contributed by atoms with van der Waals surface area (Å²) in [4.78, 5) is 12.2. The lowest BCUT2D eigenvalue weighted by Crippen LogP contribution is -2.16. The van der Waals surface area contributed by atoms with E-state index in [9.17, 15) is 9.18 Å². The van der Waals surface area contributed by atoms with Crippen molar-refractivity contribution >= 4 is 5.78 Å². The van der Waals surface area contributed by atoms with Crippen LogP contribution in [0.15, 0.2) is 36.4 Å². The highest BCUT2D eigenvalue weighted by molar-refractivity contribution is 6.12. The Morgan fingerprint density at radius 1 is 1.12 bits per heavy atom. The largest absolute Gasteiger partial charge is 0.289 e. The van der Waals surface area contributed by atoms with Crippen LogP contribution in [0.3, 0.4) is 0 Å². The van der Waals surface area contributed by atoms with Gasteiger partial charge in [0.25, 0.3) is 0 Å². The zero-order chi connectivity index (χ0) is 12.0. The van der Waals surface area contributed by atoms with E-state index >= 15 is 0 Å². The smallest absolute Gasteiger partial charge is 0.193 e. The number of halogens is 1. The Balaban J connectivity index is 2.25. The van der Waals surface area contributed by atoms with Crippen molar-refractivity contribution in [1.29, 1.82) is 0 Å². The van der Waals surface area contributed by atoms with Gasteiger partial charge < -0.3 is 0 Å². The van der Waals surface area contributed by atoms with Crippen molar-refractivity contribution in [2.24, 2.45) is 0 Å². The van der Waals surface area contributed by atoms with Crippen LogP contribution in [-0.4, -0.2) is 5.78 Å². The molecule has 1 aliphatic carbocycles. The van der Waals surface area contributed by atoms with E-state index in [4.69, 9.17) is 0 Å². The Labute approximate surface area is 98.9 Å². The van der Waals surface area contributed by atoms with Gasteiger partial charge in [0, 0.05) is 11.1 Å². The maximum atomic E-state index is 13.2. The molecule has 0 fully saturated rings. The topological polar surface area (TPSA) is 17.1 Å². The Kier molecular flexibility index (Phi) is 2.11. The van der Waals surface area contributed by atoms with Crippen molar-refractivity contribution in [3.8, 4) is 0 Å². The third-order valence-corrected chi connectivity index (χ3v) is 3.34. The summed E-state index contributed by atoms with van der Waals surface area (Å²) in [5.74, 6) is -0.419. The second-order valence-electron chi connectivity index (χ2n) is 4.41. The van der Waals surface area contributed by atoms with E-state index in [0.29, 0.717) is 17.5 Å². The maximum absolute atomic E-state index is 13.2. The Hall–Kier alpha value is -1.96. The maximum Gasteiger partial charge on any atom is 0.193 e. The lowest BCUT2D eigenvalue weighted by atomic mass is 9.83. The van der Waals surface area contributed by atoms with E-state index in [0.717, 1.165) is 16.7 Å². The highest BCUT2D eigenvalue weighted by Crippen LogP contribution is 2.29. The van der Waals surface area contributed by atoms with E-state index in [1.165, 1.54) is 12.1 Å². The number of benzene rings is 2. The number of aryl methyl sites for hydroxylation is 1. The zero-order valence-corrected chi connectivity index (χ0v) is 9.46. The van der Waals surface area contributed by atoms with Crippen LogP contribution in [0.5, 0.6) is 0 Å². The summed E-state index contributed by atoms with van der Waals surface area (Å²) in [6.07, 6.45) is 0.712. The van der Waals surface area contributed by atoms with E-state index in [1.54, 1.807) is 6.07 Å². The summed E-state index contributed by atoms with van der Waals surface area (Å²) in [5, 5.41) is 0. The molecule has 0 spiro atoms. The number of hydrogen-bond acceptors (Lipinski definition) is 1. The van der Waals surface area contributed by atoms with Crippen LogP contribution >= 0.6 is 0 Å². The van der Waals surface area contributed by atoms with E-state index in [1.807, 2.05) is 25.1 Å². The fraction of sp³-hybridized carbons (Fsp3) is 0.133. The van der Waals surface area contributed by atoms with Crippen LogP contribution in [0.1, 0.15) is 32.6 Å². The van der Waals surface area contributed by atoms with Gasteiger partial charge in [-0.3, -0.25) is 4.79 Å². The molecule has 2 aromatic rings. The predicted molar refractivity (Wildman–Crippen MR) is 63.8 cm³/mol. The molecule has 0 bridgehead atoms. The van der Waals surface area contributed by atoms with Gasteiger partial charge in [0.05, 0.1) is 0 Å². The first-order valence-electron chi connectivity index (χ1n) is 5.58. The fourth-order valence-electron chi connectivity index (χ4n) is 2.40. The molecule has 0 atom stereocenters. The van der Waals surface area contributed by atoms with Crippen LogP contribution < -0.4 is 0 Å². The summed E-state index contributed by atoms with van der Waals surface area (Å²) < 4.78 is 13.2. The molecule has 0 saturated carbocycles. The average Bonchev–Trinajstić information content (AvgIpc) is 2.32. The second kappa shape index (κ2) is 3.52. The second-order valence-corrected chi connectivity index (χ2v) is 4.41. The number of rotatable bonds is 0. The molecule has 0 N–H and O–H groups in total. The molecule has 3 rings (SSSR count). The quantitative estimate of drug-likeness (QED) is 0.575. The highest BCUT2D eigenvalue weighted by atomic mass is 19.1. The van der Waals surface area contributed by atoms with Crippen molar-refractivity contribution in [3.63, 3.8) is 0 Å². The minimum Gasteiger partial charge on any atom is -0.289 e. The Morgan fingerprint density at radius 3 is 2.76 bits per heavy atom. The van der Waals surface area contributed by atoms with Gasteiger partial charge in [-0.15, -0.1) is 0 Å². The first kappa shape index (κ1) is 10.2. The standard InChI is InChI=1S/C15H11FO/c1-9-3-2-4-12-13(9)7-10-5-6-11(16)8-14(10)15(12)17/h2-6,8H,7H2,1H3. The number of ketones is 1. The van der Waals surface area contributed by atoms with Crippen molar-refractivity contribution < 1.29 is 9.18 Å². The molecule has 0 radical (unpaired) electrons. The summed E-state index contributed by atoms with van der Waals surface area (Å²) >= 11 is 0. The molecule has 0 heterocycles. The van der Waals surface area contributed by atoms with Crippen molar-refractivity contribution in [2.45, 2.75) is 13.3 Å². The van der Waals surface area contributed by atoms with Gasteiger partial charge in [0.15, 0.2) is 5.78 Å². The molecule has 2 aromatic carbocycles. The van der Waals surface area contributed by atoms with Gasteiger partial charge in [0.2, 0.25) is 0 Å². The van der Waals surface area contributed by atoms with Crippen molar-refractivity contribution in [2.75, 3.05) is 0 Å². The molecule has 0 unspecified atom stereocenters. The molecule has 0 saturated heterocycles. The molecule has 0 amide bonds. The normalized spacial score (nSPS) is 13.2. The molecule has 1 aliphatic rings. The number of carbonyl (C=O) groups is 1. The Morgan fingerprint density at radius 2 is 1.94 bits per heavy atom. The summed E-state index contributed by atoms with van der Waals surface area (Å²) in [7, 11) is 0. The average molecular weight is 226 g/mol. The zero-order valence-electron chi connectivity index (χ0n) is 9.46. The number of fused-ring (bicyclic) bond motifs is 2.